The smallest absolute Gasteiger partial charge is 0.384 e. The SMILES string of the molecule is Cc1cc(SC2C(=O)C[C@](CCc3ccc(N)cc3)(C(C)C)OC2=O)c(C(C)(C)C)cc1OS(=O)(=O)N(C)C. The summed E-state index contributed by atoms with van der Waals surface area (Å²) < 4.78 is 37.2. The Bertz CT molecular complexity index is 1310. The maximum absolute atomic E-state index is 13.5. The predicted octanol–water partition coefficient (Wildman–Crippen LogP) is 5.06. The molecule has 0 aliphatic carbocycles. The molecule has 2 atom stereocenters. The zero-order valence-electron chi connectivity index (χ0n) is 24.0. The van der Waals surface area contributed by atoms with Crippen molar-refractivity contribution >= 4 is 39.5 Å². The van der Waals surface area contributed by atoms with Crippen LogP contribution < -0.4 is 9.92 Å². The van der Waals surface area contributed by atoms with E-state index in [2.05, 4.69) is 0 Å². The Kier molecular flexibility index (Phi) is 9.14. The van der Waals surface area contributed by atoms with Gasteiger partial charge in [0.2, 0.25) is 0 Å². The number of hydrogen-bond acceptors (Lipinski definition) is 8. The first kappa shape index (κ1) is 31.0. The lowest BCUT2D eigenvalue weighted by molar-refractivity contribution is -0.176. The molecule has 1 unspecified atom stereocenters. The van der Waals surface area contributed by atoms with Gasteiger partial charge in [-0.1, -0.05) is 46.8 Å². The number of esters is 1. The van der Waals surface area contributed by atoms with Crippen LogP contribution in [0, 0.1) is 12.8 Å². The lowest BCUT2D eigenvalue weighted by Gasteiger charge is -2.41. The zero-order valence-corrected chi connectivity index (χ0v) is 25.7. The van der Waals surface area contributed by atoms with E-state index in [1.165, 1.54) is 14.1 Å². The highest BCUT2D eigenvalue weighted by atomic mass is 32.2. The van der Waals surface area contributed by atoms with Crippen molar-refractivity contribution in [3.63, 3.8) is 0 Å². The normalized spacial score (nSPS) is 20.4. The molecule has 1 heterocycles. The molecule has 1 aliphatic rings. The molecule has 214 valence electrons. The van der Waals surface area contributed by atoms with Gasteiger partial charge in [-0.15, -0.1) is 11.8 Å². The number of ketones is 1. The van der Waals surface area contributed by atoms with Crippen LogP contribution in [0.4, 0.5) is 5.69 Å². The van der Waals surface area contributed by atoms with Gasteiger partial charge < -0.3 is 14.7 Å². The summed E-state index contributed by atoms with van der Waals surface area (Å²) in [5, 5.41) is -1.01. The number of ether oxygens (including phenoxy) is 1. The summed E-state index contributed by atoms with van der Waals surface area (Å²) in [5.74, 6) is -0.560. The predicted molar refractivity (Wildman–Crippen MR) is 155 cm³/mol. The number of rotatable bonds is 9. The van der Waals surface area contributed by atoms with E-state index < -0.39 is 32.5 Å². The van der Waals surface area contributed by atoms with Gasteiger partial charge in [-0.3, -0.25) is 9.59 Å². The molecule has 0 saturated carbocycles. The Labute approximate surface area is 236 Å². The van der Waals surface area contributed by atoms with Crippen LogP contribution in [0.5, 0.6) is 5.75 Å². The first-order valence-electron chi connectivity index (χ1n) is 13.0. The third kappa shape index (κ3) is 7.15. The van der Waals surface area contributed by atoms with Crippen molar-refractivity contribution in [1.29, 1.82) is 0 Å². The molecular formula is C29H40N2O6S2. The van der Waals surface area contributed by atoms with Crippen LogP contribution in [-0.4, -0.2) is 49.4 Å². The third-order valence-corrected chi connectivity index (χ3v) is 9.69. The minimum absolute atomic E-state index is 0.0485. The van der Waals surface area contributed by atoms with Crippen LogP contribution in [0.25, 0.3) is 0 Å². The molecular weight excluding hydrogens is 536 g/mol. The molecule has 10 heteroatoms. The van der Waals surface area contributed by atoms with E-state index in [-0.39, 0.29) is 23.9 Å². The lowest BCUT2D eigenvalue weighted by atomic mass is 9.78. The fraction of sp³-hybridized carbons (Fsp3) is 0.517. The van der Waals surface area contributed by atoms with Crippen molar-refractivity contribution in [2.24, 2.45) is 5.92 Å². The van der Waals surface area contributed by atoms with Gasteiger partial charge in [0.1, 0.15) is 11.4 Å². The molecule has 0 spiro atoms. The highest BCUT2D eigenvalue weighted by molar-refractivity contribution is 8.01. The van der Waals surface area contributed by atoms with Crippen molar-refractivity contribution in [3.05, 3.63) is 53.1 Å². The maximum atomic E-state index is 13.5. The van der Waals surface area contributed by atoms with Crippen LogP contribution in [-0.2, 0) is 36.5 Å². The lowest BCUT2D eigenvalue weighted by Crippen LogP contribution is -2.52. The van der Waals surface area contributed by atoms with Gasteiger partial charge >= 0.3 is 16.3 Å². The minimum atomic E-state index is -3.95. The summed E-state index contributed by atoms with van der Waals surface area (Å²) in [6.45, 7) is 11.6. The van der Waals surface area contributed by atoms with Gasteiger partial charge in [-0.25, -0.2) is 0 Å². The summed E-state index contributed by atoms with van der Waals surface area (Å²) in [5.41, 5.74) is 7.59. The fourth-order valence-corrected chi connectivity index (χ4v) is 6.37. The molecule has 0 aromatic heterocycles. The minimum Gasteiger partial charge on any atom is -0.457 e. The molecule has 0 radical (unpaired) electrons. The first-order chi connectivity index (χ1) is 17.9. The monoisotopic (exact) mass is 576 g/mol. The van der Waals surface area contributed by atoms with Crippen molar-refractivity contribution in [3.8, 4) is 5.75 Å². The molecule has 3 rings (SSSR count). The molecule has 2 aromatic carbocycles. The Morgan fingerprint density at radius 3 is 2.28 bits per heavy atom. The fourth-order valence-electron chi connectivity index (χ4n) is 4.46. The van der Waals surface area contributed by atoms with E-state index >= 15 is 0 Å². The Balaban J connectivity index is 1.88. The highest BCUT2D eigenvalue weighted by Gasteiger charge is 2.49. The van der Waals surface area contributed by atoms with Crippen molar-refractivity contribution in [1.82, 2.24) is 4.31 Å². The molecule has 1 fully saturated rings. The van der Waals surface area contributed by atoms with E-state index in [0.29, 0.717) is 29.0 Å². The topological polar surface area (TPSA) is 116 Å². The van der Waals surface area contributed by atoms with Gasteiger partial charge in [-0.2, -0.15) is 12.7 Å². The number of hydrogen-bond donors (Lipinski definition) is 1. The van der Waals surface area contributed by atoms with E-state index in [1.807, 2.05) is 58.9 Å². The number of thioether (sulfide) groups is 1. The van der Waals surface area contributed by atoms with E-state index in [9.17, 15) is 18.0 Å². The number of cyclic esters (lactones) is 1. The zero-order chi connectivity index (χ0) is 29.3. The number of nitrogens with zero attached hydrogens (tertiary/aromatic N) is 1. The Morgan fingerprint density at radius 2 is 1.77 bits per heavy atom. The molecule has 39 heavy (non-hydrogen) atoms. The Hall–Kier alpha value is -2.56. The number of carbonyl (C=O) groups excluding carboxylic acids is 2. The van der Waals surface area contributed by atoms with E-state index in [0.717, 1.165) is 27.2 Å². The van der Waals surface area contributed by atoms with Crippen LogP contribution in [0.1, 0.15) is 64.2 Å². The summed E-state index contributed by atoms with van der Waals surface area (Å²) in [4.78, 5) is 27.6. The summed E-state index contributed by atoms with van der Waals surface area (Å²) in [6.07, 6.45) is 1.32. The second-order valence-corrected chi connectivity index (χ2v) is 14.6. The van der Waals surface area contributed by atoms with Gasteiger partial charge in [0.05, 0.1) is 0 Å². The number of Topliss-reactive ketones (excluding diaryl/α,β-unsaturated/α-hetero) is 1. The largest absolute Gasteiger partial charge is 0.457 e. The summed E-state index contributed by atoms with van der Waals surface area (Å²) >= 11 is 1.16. The number of nitrogen functional groups attached to an aromatic ring is 1. The van der Waals surface area contributed by atoms with Gasteiger partial charge in [0.25, 0.3) is 0 Å². The number of carbonyl (C=O) groups is 2. The average Bonchev–Trinajstić information content (AvgIpc) is 2.81. The van der Waals surface area contributed by atoms with E-state index in [1.54, 1.807) is 19.1 Å². The van der Waals surface area contributed by atoms with Crippen molar-refractivity contribution < 1.29 is 26.9 Å². The summed E-state index contributed by atoms with van der Waals surface area (Å²) in [7, 11) is -1.16. The van der Waals surface area contributed by atoms with Crippen LogP contribution >= 0.6 is 11.8 Å². The number of anilines is 1. The summed E-state index contributed by atoms with van der Waals surface area (Å²) in [6, 6.07) is 11.0. The van der Waals surface area contributed by atoms with E-state index in [4.69, 9.17) is 14.7 Å². The molecule has 1 saturated heterocycles. The van der Waals surface area contributed by atoms with Crippen LogP contribution in [0.2, 0.25) is 0 Å². The second-order valence-electron chi connectivity index (χ2n) is 11.7. The van der Waals surface area contributed by atoms with Gasteiger partial charge in [0.15, 0.2) is 11.0 Å². The standard InChI is InChI=1S/C29H40N2O6S2/c1-18(2)29(14-13-20-9-11-21(30)12-10-20)17-23(32)26(27(33)36-29)38-25-15-19(3)24(16-22(25)28(4,5)6)37-39(34,35)31(7)8/h9-12,15-16,18,26H,13-14,17,30H2,1-8H3/t26?,29-/m1/s1. The van der Waals surface area contributed by atoms with Crippen LogP contribution in [0.3, 0.4) is 0 Å². The third-order valence-electron chi connectivity index (χ3n) is 7.12. The second kappa shape index (κ2) is 11.5. The number of benzene rings is 2. The highest BCUT2D eigenvalue weighted by Crippen LogP contribution is 2.43. The molecule has 8 nitrogen and oxygen atoms in total. The molecule has 2 N–H and O–H groups in total. The van der Waals surface area contributed by atoms with Crippen molar-refractivity contribution in [2.75, 3.05) is 19.8 Å². The molecule has 0 bridgehead atoms. The molecule has 0 amide bonds. The number of nitrogens with two attached hydrogens (primary N) is 1. The quantitative estimate of drug-likeness (QED) is 0.250. The maximum Gasteiger partial charge on any atom is 0.384 e. The number of aryl methyl sites for hydroxylation is 2. The molecule has 1 aliphatic heterocycles. The van der Waals surface area contributed by atoms with Crippen LogP contribution in [0.15, 0.2) is 41.3 Å². The Morgan fingerprint density at radius 1 is 1.15 bits per heavy atom. The van der Waals surface area contributed by atoms with Gasteiger partial charge in [-0.05, 0) is 72.1 Å². The average molecular weight is 577 g/mol. The van der Waals surface area contributed by atoms with Crippen molar-refractivity contribution in [2.45, 2.75) is 82.0 Å². The molecule has 2 aromatic rings. The van der Waals surface area contributed by atoms with Gasteiger partial charge in [0, 0.05) is 31.1 Å². The first-order valence-corrected chi connectivity index (χ1v) is 15.2.